The van der Waals surface area contributed by atoms with Crippen molar-refractivity contribution in [2.75, 3.05) is 38.2 Å². The molecule has 5 nitrogen and oxygen atoms in total. The zero-order valence-electron chi connectivity index (χ0n) is 14.9. The number of methoxy groups -OCH3 is 1. The minimum atomic E-state index is -0.372. The van der Waals surface area contributed by atoms with Crippen LogP contribution >= 0.6 is 0 Å². The van der Waals surface area contributed by atoms with Crippen LogP contribution in [0.5, 0.6) is 5.75 Å². The van der Waals surface area contributed by atoms with Crippen LogP contribution in [0.2, 0.25) is 0 Å². The molecule has 1 aliphatic heterocycles. The topological polar surface area (TPSA) is 54.5 Å². The first kappa shape index (κ1) is 16.2. The normalized spacial score (nSPS) is 15.8. The number of carbonyl (C=O) groups excluding carboxylic acids is 1. The standard InChI is InChI=1S/C21H18FN3O2/c1-27-13-3-4-14-15(11-13)20(26)18-16-10-12(22)2-5-17(16)24-21(19(14)18)25-8-6-23-7-9-25/h2-5,10-11,23H,6-9H2,1H3. The number of piperazine rings is 1. The molecule has 0 amide bonds. The first-order valence-electron chi connectivity index (χ1n) is 8.99. The summed E-state index contributed by atoms with van der Waals surface area (Å²) < 4.78 is 19.3. The lowest BCUT2D eigenvalue weighted by Crippen LogP contribution is -2.44. The number of carbonyl (C=O) groups is 1. The van der Waals surface area contributed by atoms with Crippen molar-refractivity contribution in [1.82, 2.24) is 10.3 Å². The van der Waals surface area contributed by atoms with E-state index in [9.17, 15) is 9.18 Å². The van der Waals surface area contributed by atoms with Crippen LogP contribution in [0.4, 0.5) is 10.2 Å². The Bertz CT molecular complexity index is 1090. The lowest BCUT2D eigenvalue weighted by molar-refractivity contribution is 0.104. The predicted molar refractivity (Wildman–Crippen MR) is 102 cm³/mol. The van der Waals surface area contributed by atoms with Crippen molar-refractivity contribution in [1.29, 1.82) is 0 Å². The molecule has 1 N–H and O–H groups in total. The summed E-state index contributed by atoms with van der Waals surface area (Å²) in [6, 6.07) is 9.94. The maximum absolute atomic E-state index is 14.0. The highest BCUT2D eigenvalue weighted by molar-refractivity contribution is 6.28. The maximum Gasteiger partial charge on any atom is 0.195 e. The van der Waals surface area contributed by atoms with Gasteiger partial charge in [0, 0.05) is 48.3 Å². The second kappa shape index (κ2) is 6.03. The summed E-state index contributed by atoms with van der Waals surface area (Å²) in [6.07, 6.45) is 0. The van der Waals surface area contributed by atoms with Crippen LogP contribution in [0.3, 0.4) is 0 Å². The highest BCUT2D eigenvalue weighted by atomic mass is 19.1. The van der Waals surface area contributed by atoms with Gasteiger partial charge < -0.3 is 15.0 Å². The Morgan fingerprint density at radius 3 is 2.67 bits per heavy atom. The number of rotatable bonds is 2. The Morgan fingerprint density at radius 1 is 1.07 bits per heavy atom. The molecule has 0 bridgehead atoms. The average Bonchev–Trinajstić information content (AvgIpc) is 3.01. The molecule has 6 heteroatoms. The molecule has 1 fully saturated rings. The zero-order chi connectivity index (χ0) is 18.5. The molecule has 3 aromatic rings. The molecule has 2 aromatic carbocycles. The molecule has 5 rings (SSSR count). The molecule has 0 unspecified atom stereocenters. The van der Waals surface area contributed by atoms with E-state index in [1.807, 2.05) is 12.1 Å². The molecule has 1 aromatic heterocycles. The molecule has 0 saturated carbocycles. The molecule has 0 spiro atoms. The Labute approximate surface area is 155 Å². The quantitative estimate of drug-likeness (QED) is 0.593. The molecular weight excluding hydrogens is 345 g/mol. The fourth-order valence-corrected chi connectivity index (χ4v) is 4.01. The fourth-order valence-electron chi connectivity index (χ4n) is 4.01. The summed E-state index contributed by atoms with van der Waals surface area (Å²) in [5, 5.41) is 3.90. The van der Waals surface area contributed by atoms with Crippen LogP contribution in [0.1, 0.15) is 15.9 Å². The van der Waals surface area contributed by atoms with Crippen molar-refractivity contribution in [2.45, 2.75) is 0 Å². The number of anilines is 1. The van der Waals surface area contributed by atoms with E-state index in [1.165, 1.54) is 12.1 Å². The third-order valence-electron chi connectivity index (χ3n) is 5.31. The van der Waals surface area contributed by atoms with Crippen molar-refractivity contribution in [3.63, 3.8) is 0 Å². The van der Waals surface area contributed by atoms with E-state index < -0.39 is 0 Å². The predicted octanol–water partition coefficient (Wildman–Crippen LogP) is 3.00. The maximum atomic E-state index is 14.0. The molecule has 136 valence electrons. The first-order valence-corrected chi connectivity index (χ1v) is 8.99. The van der Waals surface area contributed by atoms with Gasteiger partial charge in [0.05, 0.1) is 12.6 Å². The highest BCUT2D eigenvalue weighted by Gasteiger charge is 2.34. The van der Waals surface area contributed by atoms with Crippen molar-refractivity contribution in [3.8, 4) is 16.9 Å². The van der Waals surface area contributed by atoms with Crippen LogP contribution < -0.4 is 15.0 Å². The second-order valence-electron chi connectivity index (χ2n) is 6.82. The van der Waals surface area contributed by atoms with Gasteiger partial charge in [-0.1, -0.05) is 0 Å². The van der Waals surface area contributed by atoms with E-state index in [4.69, 9.17) is 9.72 Å². The SMILES string of the molecule is COc1ccc2c(c1)C(=O)c1c-2c(N2CCNCC2)nc2ccc(F)cc12. The lowest BCUT2D eigenvalue weighted by Gasteiger charge is -2.30. The van der Waals surface area contributed by atoms with Gasteiger partial charge in [-0.3, -0.25) is 4.79 Å². The summed E-state index contributed by atoms with van der Waals surface area (Å²) in [5.41, 5.74) is 3.40. The number of hydrogen-bond donors (Lipinski definition) is 1. The van der Waals surface area contributed by atoms with Gasteiger partial charge >= 0.3 is 0 Å². The van der Waals surface area contributed by atoms with Gasteiger partial charge in [0.2, 0.25) is 0 Å². The molecule has 1 saturated heterocycles. The number of benzene rings is 2. The Balaban J connectivity index is 1.84. The number of hydrogen-bond acceptors (Lipinski definition) is 5. The third kappa shape index (κ3) is 2.40. The van der Waals surface area contributed by atoms with E-state index in [0.29, 0.717) is 27.8 Å². The number of ketones is 1. The van der Waals surface area contributed by atoms with Gasteiger partial charge in [-0.15, -0.1) is 0 Å². The molecule has 2 aliphatic rings. The molecule has 1 aliphatic carbocycles. The largest absolute Gasteiger partial charge is 0.497 e. The van der Waals surface area contributed by atoms with E-state index in [1.54, 1.807) is 19.2 Å². The number of nitrogens with zero attached hydrogens (tertiary/aromatic N) is 2. The number of fused-ring (bicyclic) bond motifs is 5. The molecular formula is C21H18FN3O2. The number of halogens is 1. The van der Waals surface area contributed by atoms with Crippen molar-refractivity contribution < 1.29 is 13.9 Å². The number of pyridine rings is 1. The molecule has 27 heavy (non-hydrogen) atoms. The summed E-state index contributed by atoms with van der Waals surface area (Å²) in [4.78, 5) is 20.3. The summed E-state index contributed by atoms with van der Waals surface area (Å²) >= 11 is 0. The van der Waals surface area contributed by atoms with Crippen molar-refractivity contribution in [3.05, 3.63) is 53.3 Å². The number of nitrogens with one attached hydrogen (secondary N) is 1. The lowest BCUT2D eigenvalue weighted by atomic mass is 10.0. The fraction of sp³-hybridized carbons (Fsp3) is 0.238. The highest BCUT2D eigenvalue weighted by Crippen LogP contribution is 2.46. The molecule has 0 atom stereocenters. The molecule has 2 heterocycles. The summed E-state index contributed by atoms with van der Waals surface area (Å²) in [5.74, 6) is 0.945. The Hall–Kier alpha value is -2.99. The Kier molecular flexibility index (Phi) is 3.62. The third-order valence-corrected chi connectivity index (χ3v) is 5.31. The van der Waals surface area contributed by atoms with Gasteiger partial charge in [0.25, 0.3) is 0 Å². The molecule has 0 radical (unpaired) electrons. The smallest absolute Gasteiger partial charge is 0.195 e. The van der Waals surface area contributed by atoms with Crippen LogP contribution in [0.25, 0.3) is 22.0 Å². The zero-order valence-corrected chi connectivity index (χ0v) is 14.9. The minimum Gasteiger partial charge on any atom is -0.497 e. The number of aromatic nitrogens is 1. The first-order chi connectivity index (χ1) is 13.2. The van der Waals surface area contributed by atoms with Gasteiger partial charge in [-0.2, -0.15) is 0 Å². The number of ether oxygens (including phenoxy) is 1. The second-order valence-corrected chi connectivity index (χ2v) is 6.82. The summed E-state index contributed by atoms with van der Waals surface area (Å²) in [6.45, 7) is 3.35. The van der Waals surface area contributed by atoms with Gasteiger partial charge in [0.15, 0.2) is 5.78 Å². The van der Waals surface area contributed by atoms with E-state index in [-0.39, 0.29) is 11.6 Å². The van der Waals surface area contributed by atoms with Gasteiger partial charge in [0.1, 0.15) is 17.4 Å². The average molecular weight is 363 g/mol. The summed E-state index contributed by atoms with van der Waals surface area (Å²) in [7, 11) is 1.58. The van der Waals surface area contributed by atoms with Crippen molar-refractivity contribution >= 4 is 22.5 Å². The Morgan fingerprint density at radius 2 is 1.89 bits per heavy atom. The van der Waals surface area contributed by atoms with Crippen LogP contribution in [0, 0.1) is 5.82 Å². The van der Waals surface area contributed by atoms with Gasteiger partial charge in [-0.25, -0.2) is 9.37 Å². The van der Waals surface area contributed by atoms with Crippen LogP contribution in [-0.4, -0.2) is 44.1 Å². The van der Waals surface area contributed by atoms with Crippen LogP contribution in [0.15, 0.2) is 36.4 Å². The van der Waals surface area contributed by atoms with E-state index in [0.717, 1.165) is 43.1 Å². The van der Waals surface area contributed by atoms with Gasteiger partial charge in [-0.05, 0) is 42.0 Å². The van der Waals surface area contributed by atoms with Crippen molar-refractivity contribution in [2.24, 2.45) is 0 Å². The van der Waals surface area contributed by atoms with Crippen LogP contribution in [-0.2, 0) is 0 Å². The minimum absolute atomic E-state index is 0.103. The monoisotopic (exact) mass is 363 g/mol. The van der Waals surface area contributed by atoms with E-state index >= 15 is 0 Å². The van der Waals surface area contributed by atoms with E-state index in [2.05, 4.69) is 10.2 Å².